The van der Waals surface area contributed by atoms with E-state index in [-0.39, 0.29) is 11.4 Å². The molecule has 0 unspecified atom stereocenters. The van der Waals surface area contributed by atoms with E-state index in [2.05, 4.69) is 9.97 Å². The monoisotopic (exact) mass is 316 g/mol. The van der Waals surface area contributed by atoms with Crippen molar-refractivity contribution < 1.29 is 13.2 Å². The Bertz CT molecular complexity index is 791. The van der Waals surface area contributed by atoms with Gasteiger partial charge in [-0.05, 0) is 24.3 Å². The molecule has 2 aromatic carbocycles. The molecule has 0 amide bonds. The molecule has 1 N–H and O–H groups in total. The Hall–Kier alpha value is -1.72. The number of halogens is 5. The zero-order valence-corrected chi connectivity index (χ0v) is 11.2. The largest absolute Gasteiger partial charge is 0.338 e. The van der Waals surface area contributed by atoms with Crippen LogP contribution >= 0.6 is 23.2 Å². The quantitative estimate of drug-likeness (QED) is 0.632. The molecular formula is C13H5Cl2F3N2. The maximum Gasteiger partial charge on any atom is 0.195 e. The van der Waals surface area contributed by atoms with Gasteiger partial charge in [0.15, 0.2) is 17.5 Å². The second kappa shape index (κ2) is 4.68. The number of aromatic nitrogens is 2. The first-order valence-corrected chi connectivity index (χ1v) is 6.21. The number of hydrogen-bond acceptors (Lipinski definition) is 1. The Morgan fingerprint density at radius 3 is 2.40 bits per heavy atom. The van der Waals surface area contributed by atoms with Crippen LogP contribution in [-0.2, 0) is 0 Å². The number of fused-ring (bicyclic) bond motifs is 1. The van der Waals surface area contributed by atoms with Gasteiger partial charge in [0, 0.05) is 0 Å². The van der Waals surface area contributed by atoms with E-state index in [1.54, 1.807) is 0 Å². The molecule has 2 nitrogen and oxygen atoms in total. The summed E-state index contributed by atoms with van der Waals surface area (Å²) in [5.74, 6) is -4.04. The number of nitrogens with zero attached hydrogens (tertiary/aromatic N) is 1. The van der Waals surface area contributed by atoms with E-state index in [9.17, 15) is 13.2 Å². The van der Waals surface area contributed by atoms with Gasteiger partial charge in [0.25, 0.3) is 0 Å². The molecule has 102 valence electrons. The summed E-state index contributed by atoms with van der Waals surface area (Å²) in [5.41, 5.74) is 0.782. The van der Waals surface area contributed by atoms with Crippen molar-refractivity contribution in [3.05, 3.63) is 51.8 Å². The fraction of sp³-hybridized carbons (Fsp3) is 0. The second-order valence-corrected chi connectivity index (χ2v) is 4.91. The van der Waals surface area contributed by atoms with Crippen LogP contribution in [0.2, 0.25) is 10.0 Å². The minimum atomic E-state index is -1.54. The maximum atomic E-state index is 13.7. The fourth-order valence-electron chi connectivity index (χ4n) is 1.84. The van der Waals surface area contributed by atoms with E-state index in [0.717, 1.165) is 12.1 Å². The van der Waals surface area contributed by atoms with Gasteiger partial charge in [-0.1, -0.05) is 23.2 Å². The van der Waals surface area contributed by atoms with E-state index in [4.69, 9.17) is 23.2 Å². The summed E-state index contributed by atoms with van der Waals surface area (Å²) in [6, 6.07) is 4.96. The van der Waals surface area contributed by atoms with Gasteiger partial charge in [-0.15, -0.1) is 0 Å². The van der Waals surface area contributed by atoms with Crippen molar-refractivity contribution in [2.45, 2.75) is 0 Å². The normalized spacial score (nSPS) is 11.2. The van der Waals surface area contributed by atoms with Gasteiger partial charge in [-0.25, -0.2) is 18.2 Å². The van der Waals surface area contributed by atoms with Crippen molar-refractivity contribution in [3.8, 4) is 11.4 Å². The highest BCUT2D eigenvalue weighted by Gasteiger charge is 2.17. The number of H-pyrrole nitrogens is 1. The molecule has 3 aromatic rings. The van der Waals surface area contributed by atoms with Gasteiger partial charge in [0.2, 0.25) is 0 Å². The van der Waals surface area contributed by atoms with E-state index in [0.29, 0.717) is 21.1 Å². The van der Waals surface area contributed by atoms with Crippen molar-refractivity contribution in [1.82, 2.24) is 9.97 Å². The molecule has 0 saturated carbocycles. The summed E-state index contributed by atoms with van der Waals surface area (Å²) >= 11 is 11.7. The molecule has 20 heavy (non-hydrogen) atoms. The third-order valence-corrected chi connectivity index (χ3v) is 3.54. The Balaban J connectivity index is 2.23. The van der Waals surface area contributed by atoms with E-state index in [1.807, 2.05) is 0 Å². The highest BCUT2D eigenvalue weighted by Crippen LogP contribution is 2.30. The summed E-state index contributed by atoms with van der Waals surface area (Å²) in [5, 5.41) is 0.600. The van der Waals surface area contributed by atoms with E-state index < -0.39 is 17.5 Å². The molecular weight excluding hydrogens is 312 g/mol. The van der Waals surface area contributed by atoms with E-state index in [1.165, 1.54) is 12.1 Å². The molecule has 0 aliphatic carbocycles. The Morgan fingerprint density at radius 1 is 0.950 bits per heavy atom. The summed E-state index contributed by atoms with van der Waals surface area (Å²) in [6.45, 7) is 0. The van der Waals surface area contributed by atoms with Crippen LogP contribution in [0.5, 0.6) is 0 Å². The minimum Gasteiger partial charge on any atom is -0.338 e. The van der Waals surface area contributed by atoms with Crippen molar-refractivity contribution in [1.29, 1.82) is 0 Å². The van der Waals surface area contributed by atoms with Crippen LogP contribution in [0.1, 0.15) is 0 Å². The van der Waals surface area contributed by atoms with Crippen LogP contribution in [-0.4, -0.2) is 9.97 Å². The number of benzene rings is 2. The second-order valence-electron chi connectivity index (χ2n) is 4.09. The molecule has 0 radical (unpaired) electrons. The highest BCUT2D eigenvalue weighted by molar-refractivity contribution is 6.42. The van der Waals surface area contributed by atoms with Crippen molar-refractivity contribution in [3.63, 3.8) is 0 Å². The fourth-order valence-corrected chi connectivity index (χ4v) is 2.16. The molecule has 0 saturated heterocycles. The first kappa shape index (κ1) is 13.3. The number of imidazole rings is 1. The van der Waals surface area contributed by atoms with Crippen LogP contribution in [0.4, 0.5) is 13.2 Å². The predicted molar refractivity (Wildman–Crippen MR) is 71.4 cm³/mol. The molecule has 0 atom stereocenters. The zero-order chi connectivity index (χ0) is 14.4. The van der Waals surface area contributed by atoms with Crippen LogP contribution in [0.25, 0.3) is 22.4 Å². The lowest BCUT2D eigenvalue weighted by molar-refractivity contribution is 0.448. The smallest absolute Gasteiger partial charge is 0.195 e. The van der Waals surface area contributed by atoms with Gasteiger partial charge in [-0.2, -0.15) is 0 Å². The third kappa shape index (κ3) is 2.03. The van der Waals surface area contributed by atoms with E-state index >= 15 is 0 Å². The summed E-state index contributed by atoms with van der Waals surface area (Å²) < 4.78 is 39.8. The zero-order valence-electron chi connectivity index (χ0n) is 9.65. The first-order chi connectivity index (χ1) is 9.47. The number of hydrogen-bond donors (Lipinski definition) is 1. The molecule has 0 fully saturated rings. The molecule has 1 heterocycles. The number of nitrogens with one attached hydrogen (secondary N) is 1. The Kier molecular flexibility index (Phi) is 3.11. The van der Waals surface area contributed by atoms with Gasteiger partial charge in [-0.3, -0.25) is 0 Å². The SMILES string of the molecule is Fc1ccc(-c2nc3cc(Cl)c(Cl)cc3[nH]2)c(F)c1F. The first-order valence-electron chi connectivity index (χ1n) is 5.46. The molecule has 0 spiro atoms. The number of aromatic amines is 1. The topological polar surface area (TPSA) is 28.7 Å². The Morgan fingerprint density at radius 2 is 1.65 bits per heavy atom. The predicted octanol–water partition coefficient (Wildman–Crippen LogP) is 4.95. The molecule has 1 aromatic heterocycles. The third-order valence-electron chi connectivity index (χ3n) is 2.81. The van der Waals surface area contributed by atoms with Gasteiger partial charge < -0.3 is 4.98 Å². The van der Waals surface area contributed by atoms with Crippen LogP contribution in [0.15, 0.2) is 24.3 Å². The summed E-state index contributed by atoms with van der Waals surface area (Å²) in [6.07, 6.45) is 0. The maximum absolute atomic E-state index is 13.7. The molecule has 3 rings (SSSR count). The van der Waals surface area contributed by atoms with Crippen LogP contribution in [0, 0.1) is 17.5 Å². The lowest BCUT2D eigenvalue weighted by Gasteiger charge is -2.00. The van der Waals surface area contributed by atoms with Gasteiger partial charge >= 0.3 is 0 Å². The number of rotatable bonds is 1. The molecule has 7 heteroatoms. The van der Waals surface area contributed by atoms with Crippen molar-refractivity contribution in [2.75, 3.05) is 0 Å². The van der Waals surface area contributed by atoms with Gasteiger partial charge in [0.1, 0.15) is 5.82 Å². The summed E-state index contributed by atoms with van der Waals surface area (Å²) in [7, 11) is 0. The van der Waals surface area contributed by atoms with Crippen molar-refractivity contribution in [2.24, 2.45) is 0 Å². The average Bonchev–Trinajstić information content (AvgIpc) is 2.79. The lowest BCUT2D eigenvalue weighted by Crippen LogP contribution is -1.94. The molecule has 0 bridgehead atoms. The van der Waals surface area contributed by atoms with Crippen LogP contribution in [0.3, 0.4) is 0 Å². The van der Waals surface area contributed by atoms with Gasteiger partial charge in [0.05, 0.1) is 26.6 Å². The average molecular weight is 317 g/mol. The molecule has 0 aliphatic rings. The highest BCUT2D eigenvalue weighted by atomic mass is 35.5. The molecule has 0 aliphatic heterocycles. The lowest BCUT2D eigenvalue weighted by atomic mass is 10.2. The van der Waals surface area contributed by atoms with Crippen molar-refractivity contribution >= 4 is 34.2 Å². The Labute approximate surface area is 121 Å². The minimum absolute atomic E-state index is 0.0646. The standard InChI is InChI=1S/C13H5Cl2F3N2/c14-6-3-9-10(4-7(6)15)20-13(19-9)5-1-2-8(16)12(18)11(5)17/h1-4H,(H,19,20). The van der Waals surface area contributed by atoms with Crippen LogP contribution < -0.4 is 0 Å². The summed E-state index contributed by atoms with van der Waals surface area (Å²) in [4.78, 5) is 6.87.